The van der Waals surface area contributed by atoms with Crippen LogP contribution in [0.3, 0.4) is 0 Å². The van der Waals surface area contributed by atoms with E-state index in [1.807, 2.05) is 18.4 Å². The predicted octanol–water partition coefficient (Wildman–Crippen LogP) is 3.64. The van der Waals surface area contributed by atoms with Crippen LogP contribution in [0.1, 0.15) is 10.4 Å². The molecule has 6 nitrogen and oxygen atoms in total. The molecule has 120 valence electrons. The van der Waals surface area contributed by atoms with Crippen LogP contribution in [0.25, 0.3) is 0 Å². The molecule has 23 heavy (non-hydrogen) atoms. The number of anilines is 2. The molecule has 0 aliphatic heterocycles. The number of hydrogen-bond donors (Lipinski definition) is 1. The van der Waals surface area contributed by atoms with Gasteiger partial charge >= 0.3 is 0 Å². The Kier molecular flexibility index (Phi) is 5.23. The Labute approximate surface area is 138 Å². The number of nitrogens with one attached hydrogen (secondary N) is 1. The number of benzene rings is 2. The van der Waals surface area contributed by atoms with Crippen LogP contribution in [0.2, 0.25) is 0 Å². The molecule has 0 saturated carbocycles. The maximum atomic E-state index is 12.3. The van der Waals surface area contributed by atoms with Gasteiger partial charge in [-0.05, 0) is 42.7 Å². The fourth-order valence-electron chi connectivity index (χ4n) is 2.07. The Morgan fingerprint density at radius 1 is 1.17 bits per heavy atom. The topological polar surface area (TPSA) is 75.5 Å². The lowest BCUT2D eigenvalue weighted by Gasteiger charge is -2.13. The van der Waals surface area contributed by atoms with E-state index in [2.05, 4.69) is 5.32 Å². The zero-order valence-electron chi connectivity index (χ0n) is 13.1. The van der Waals surface area contributed by atoms with Crippen LogP contribution < -0.4 is 10.2 Å². The highest BCUT2D eigenvalue weighted by Crippen LogP contribution is 2.28. The summed E-state index contributed by atoms with van der Waals surface area (Å²) >= 11 is 1.61. The minimum atomic E-state index is -0.487. The van der Waals surface area contributed by atoms with E-state index in [1.54, 1.807) is 55.0 Å². The van der Waals surface area contributed by atoms with Gasteiger partial charge in [-0.3, -0.25) is 14.9 Å². The first-order chi connectivity index (χ1) is 10.9. The Balaban J connectivity index is 2.24. The largest absolute Gasteiger partial charge is 0.372 e. The molecule has 0 bridgehead atoms. The Morgan fingerprint density at radius 2 is 1.83 bits per heavy atom. The number of carbonyl (C=O) groups excluding carboxylic acids is 1. The van der Waals surface area contributed by atoms with Crippen molar-refractivity contribution in [3.63, 3.8) is 0 Å². The number of thioether (sulfide) groups is 1. The highest BCUT2D eigenvalue weighted by atomic mass is 32.2. The highest BCUT2D eigenvalue weighted by Gasteiger charge is 2.18. The maximum absolute atomic E-state index is 12.3. The van der Waals surface area contributed by atoms with Gasteiger partial charge in [0, 0.05) is 36.3 Å². The molecular formula is C16H17N3O3S. The molecule has 1 amide bonds. The summed E-state index contributed by atoms with van der Waals surface area (Å²) < 4.78 is 0. The standard InChI is InChI=1S/C16H17N3O3S/c1-18(2)14-9-4-11(10-15(14)19(21)22)16(20)17-12-5-7-13(23-3)8-6-12/h4-10H,1-3H3,(H,17,20). The van der Waals surface area contributed by atoms with Gasteiger partial charge in [-0.2, -0.15) is 0 Å². The maximum Gasteiger partial charge on any atom is 0.293 e. The zero-order chi connectivity index (χ0) is 17.0. The third kappa shape index (κ3) is 4.01. The van der Waals surface area contributed by atoms with Gasteiger partial charge in [0.25, 0.3) is 11.6 Å². The SMILES string of the molecule is CSc1ccc(NC(=O)c2ccc(N(C)C)c([N+](=O)[O-])c2)cc1. The number of amides is 1. The van der Waals surface area contributed by atoms with Gasteiger partial charge in [0.2, 0.25) is 0 Å². The molecular weight excluding hydrogens is 314 g/mol. The zero-order valence-corrected chi connectivity index (χ0v) is 13.9. The van der Waals surface area contributed by atoms with Crippen LogP contribution in [0.15, 0.2) is 47.4 Å². The molecule has 0 aliphatic carbocycles. The van der Waals surface area contributed by atoms with Gasteiger partial charge in [0.15, 0.2) is 0 Å². The highest BCUT2D eigenvalue weighted by molar-refractivity contribution is 7.98. The summed E-state index contributed by atoms with van der Waals surface area (Å²) in [6.07, 6.45) is 1.97. The monoisotopic (exact) mass is 331 g/mol. The quantitative estimate of drug-likeness (QED) is 0.514. The molecule has 0 aromatic heterocycles. The van der Waals surface area contributed by atoms with Gasteiger partial charge in [-0.1, -0.05) is 0 Å². The molecule has 7 heteroatoms. The third-order valence-electron chi connectivity index (χ3n) is 3.26. The van der Waals surface area contributed by atoms with Crippen molar-refractivity contribution in [1.82, 2.24) is 0 Å². The average molecular weight is 331 g/mol. The summed E-state index contributed by atoms with van der Waals surface area (Å²) in [6.45, 7) is 0. The molecule has 2 aromatic carbocycles. The fourth-order valence-corrected chi connectivity index (χ4v) is 2.47. The number of nitro benzene ring substituents is 1. The number of hydrogen-bond acceptors (Lipinski definition) is 5. The number of nitrogens with zero attached hydrogens (tertiary/aromatic N) is 2. The average Bonchev–Trinajstić information content (AvgIpc) is 2.54. The fraction of sp³-hybridized carbons (Fsp3) is 0.188. The molecule has 0 radical (unpaired) electrons. The van der Waals surface area contributed by atoms with Crippen molar-refractivity contribution in [1.29, 1.82) is 0 Å². The Hall–Kier alpha value is -2.54. The number of carbonyl (C=O) groups is 1. The first kappa shape index (κ1) is 16.8. The Bertz CT molecular complexity index is 730. The summed E-state index contributed by atoms with van der Waals surface area (Å²) in [5.74, 6) is -0.379. The van der Waals surface area contributed by atoms with Crippen molar-refractivity contribution in [2.24, 2.45) is 0 Å². The van der Waals surface area contributed by atoms with Crippen LogP contribution >= 0.6 is 11.8 Å². The van der Waals surface area contributed by atoms with E-state index in [1.165, 1.54) is 6.07 Å². The molecule has 0 spiro atoms. The van der Waals surface area contributed by atoms with E-state index in [0.717, 1.165) is 4.90 Å². The second kappa shape index (κ2) is 7.15. The minimum Gasteiger partial charge on any atom is -0.372 e. The molecule has 0 saturated heterocycles. The predicted molar refractivity (Wildman–Crippen MR) is 93.6 cm³/mol. The number of nitro groups is 1. The van der Waals surface area contributed by atoms with Crippen LogP contribution in [0.4, 0.5) is 17.1 Å². The third-order valence-corrected chi connectivity index (χ3v) is 4.01. The van der Waals surface area contributed by atoms with Gasteiger partial charge < -0.3 is 10.2 Å². The summed E-state index contributed by atoms with van der Waals surface area (Å²) in [6, 6.07) is 11.8. The van der Waals surface area contributed by atoms with E-state index in [0.29, 0.717) is 11.4 Å². The van der Waals surface area contributed by atoms with E-state index < -0.39 is 4.92 Å². The molecule has 0 heterocycles. The molecule has 0 aliphatic rings. The molecule has 2 rings (SSSR count). The molecule has 0 fully saturated rings. The second-order valence-electron chi connectivity index (χ2n) is 5.04. The molecule has 1 N–H and O–H groups in total. The van der Waals surface area contributed by atoms with Crippen molar-refractivity contribution in [3.05, 3.63) is 58.1 Å². The summed E-state index contributed by atoms with van der Waals surface area (Å²) in [4.78, 5) is 25.7. The normalized spacial score (nSPS) is 10.2. The Morgan fingerprint density at radius 3 is 2.35 bits per heavy atom. The lowest BCUT2D eigenvalue weighted by molar-refractivity contribution is -0.384. The van der Waals surface area contributed by atoms with E-state index >= 15 is 0 Å². The van der Waals surface area contributed by atoms with Crippen molar-refractivity contribution in [2.75, 3.05) is 30.6 Å². The van der Waals surface area contributed by atoms with E-state index in [-0.39, 0.29) is 17.2 Å². The van der Waals surface area contributed by atoms with Crippen molar-refractivity contribution < 1.29 is 9.72 Å². The summed E-state index contributed by atoms with van der Waals surface area (Å²) in [5.41, 5.74) is 1.25. The van der Waals surface area contributed by atoms with Crippen LogP contribution in [-0.2, 0) is 0 Å². The lowest BCUT2D eigenvalue weighted by atomic mass is 10.1. The minimum absolute atomic E-state index is 0.0969. The number of rotatable bonds is 5. The summed E-state index contributed by atoms with van der Waals surface area (Å²) in [5, 5.41) is 13.9. The van der Waals surface area contributed by atoms with Crippen molar-refractivity contribution in [2.45, 2.75) is 4.90 Å². The molecule has 0 atom stereocenters. The van der Waals surface area contributed by atoms with Crippen LogP contribution in [0, 0.1) is 10.1 Å². The lowest BCUT2D eigenvalue weighted by Crippen LogP contribution is -2.15. The van der Waals surface area contributed by atoms with Gasteiger partial charge in [0.05, 0.1) is 4.92 Å². The first-order valence-corrected chi connectivity index (χ1v) is 8.06. The van der Waals surface area contributed by atoms with Crippen molar-refractivity contribution >= 4 is 34.7 Å². The summed E-state index contributed by atoms with van der Waals surface area (Å²) in [7, 11) is 3.44. The van der Waals surface area contributed by atoms with E-state index in [9.17, 15) is 14.9 Å². The van der Waals surface area contributed by atoms with Gasteiger partial charge in [0.1, 0.15) is 5.69 Å². The van der Waals surface area contributed by atoms with Crippen LogP contribution in [-0.4, -0.2) is 31.2 Å². The van der Waals surface area contributed by atoms with Gasteiger partial charge in [-0.25, -0.2) is 0 Å². The first-order valence-electron chi connectivity index (χ1n) is 6.83. The van der Waals surface area contributed by atoms with Crippen molar-refractivity contribution in [3.8, 4) is 0 Å². The van der Waals surface area contributed by atoms with Crippen LogP contribution in [0.5, 0.6) is 0 Å². The second-order valence-corrected chi connectivity index (χ2v) is 5.92. The van der Waals surface area contributed by atoms with Gasteiger partial charge in [-0.15, -0.1) is 11.8 Å². The van der Waals surface area contributed by atoms with E-state index in [4.69, 9.17) is 0 Å². The smallest absolute Gasteiger partial charge is 0.293 e. The molecule has 2 aromatic rings. The molecule has 0 unspecified atom stereocenters.